The molecule has 7 heteroatoms. The van der Waals surface area contributed by atoms with Crippen molar-refractivity contribution in [2.45, 2.75) is 32.1 Å². The zero-order valence-corrected chi connectivity index (χ0v) is 13.2. The first-order chi connectivity index (χ1) is 8.99. The van der Waals surface area contributed by atoms with Crippen LogP contribution in [0.3, 0.4) is 0 Å². The van der Waals surface area contributed by atoms with Crippen molar-refractivity contribution < 1.29 is 17.9 Å². The van der Waals surface area contributed by atoms with E-state index in [9.17, 15) is 13.2 Å². The summed E-state index contributed by atoms with van der Waals surface area (Å²) in [6.07, 6.45) is 0.696. The summed E-state index contributed by atoms with van der Waals surface area (Å²) in [7, 11) is -3.92. The molecule has 1 rings (SSSR count). The van der Waals surface area contributed by atoms with E-state index in [2.05, 4.69) is 0 Å². The summed E-state index contributed by atoms with van der Waals surface area (Å²) in [6, 6.07) is 3.68. The molecule has 0 aliphatic heterocycles. The molecule has 0 amide bonds. The molecule has 1 aromatic rings. The van der Waals surface area contributed by atoms with Gasteiger partial charge in [0.2, 0.25) is 10.0 Å². The lowest BCUT2D eigenvalue weighted by Crippen LogP contribution is -2.15. The number of nitrogens with two attached hydrogens (primary N) is 1. The Hall–Kier alpha value is -1.11. The standard InChI is InChI=1S/C13H18ClNO4S/c1-13(2,3)4-5-19-12(16)9-6-10(14)8-11(7-9)20(15,17)18/h6-8H,4-5H2,1-3H3,(H2,15,17,18). The van der Waals surface area contributed by atoms with Crippen molar-refractivity contribution in [3.05, 3.63) is 28.8 Å². The summed E-state index contributed by atoms with van der Waals surface area (Å²) in [5.41, 5.74) is 0.107. The van der Waals surface area contributed by atoms with Gasteiger partial charge in [0.1, 0.15) is 0 Å². The number of carbonyl (C=O) groups is 1. The van der Waals surface area contributed by atoms with Gasteiger partial charge in [-0.05, 0) is 30.0 Å². The number of sulfonamides is 1. The molecule has 2 N–H and O–H groups in total. The number of hydrogen-bond acceptors (Lipinski definition) is 4. The molecule has 0 bridgehead atoms. The number of carbonyl (C=O) groups excluding carboxylic acids is 1. The van der Waals surface area contributed by atoms with Crippen LogP contribution in [0, 0.1) is 5.41 Å². The Balaban J connectivity index is 2.86. The lowest BCUT2D eigenvalue weighted by Gasteiger charge is -2.17. The molecule has 5 nitrogen and oxygen atoms in total. The van der Waals surface area contributed by atoms with Gasteiger partial charge in [-0.15, -0.1) is 0 Å². The fourth-order valence-electron chi connectivity index (χ4n) is 1.38. The number of esters is 1. The van der Waals surface area contributed by atoms with Crippen LogP contribution in [0.5, 0.6) is 0 Å². The van der Waals surface area contributed by atoms with Crippen molar-refractivity contribution in [2.75, 3.05) is 6.61 Å². The third-order valence-electron chi connectivity index (χ3n) is 2.52. The van der Waals surface area contributed by atoms with Gasteiger partial charge in [-0.1, -0.05) is 32.4 Å². The number of ether oxygens (including phenoxy) is 1. The van der Waals surface area contributed by atoms with Gasteiger partial charge < -0.3 is 4.74 Å². The summed E-state index contributed by atoms with van der Waals surface area (Å²) in [5, 5.41) is 5.12. The summed E-state index contributed by atoms with van der Waals surface area (Å²) in [5.74, 6) is -0.623. The van der Waals surface area contributed by atoms with Crippen LogP contribution in [0.1, 0.15) is 37.6 Å². The van der Waals surface area contributed by atoms with Gasteiger partial charge >= 0.3 is 5.97 Å². The lowest BCUT2D eigenvalue weighted by atomic mass is 9.93. The summed E-state index contributed by atoms with van der Waals surface area (Å²) in [6.45, 7) is 6.33. The van der Waals surface area contributed by atoms with Crippen LogP contribution in [0.4, 0.5) is 0 Å². The predicted octanol–water partition coefficient (Wildman–Crippen LogP) is 2.58. The number of primary sulfonamides is 1. The Labute approximate surface area is 124 Å². The lowest BCUT2D eigenvalue weighted by molar-refractivity contribution is 0.0464. The van der Waals surface area contributed by atoms with E-state index in [1.807, 2.05) is 20.8 Å². The maximum absolute atomic E-state index is 11.8. The molecule has 0 fully saturated rings. The molecule has 0 aliphatic carbocycles. The van der Waals surface area contributed by atoms with E-state index in [1.54, 1.807) is 0 Å². The molecule has 0 saturated carbocycles. The van der Waals surface area contributed by atoms with E-state index in [4.69, 9.17) is 21.5 Å². The minimum atomic E-state index is -3.92. The smallest absolute Gasteiger partial charge is 0.338 e. The van der Waals surface area contributed by atoms with Gasteiger partial charge in [-0.25, -0.2) is 18.4 Å². The van der Waals surface area contributed by atoms with Crippen molar-refractivity contribution in [1.29, 1.82) is 0 Å². The van der Waals surface area contributed by atoms with E-state index in [-0.39, 0.29) is 27.5 Å². The molecular weight excluding hydrogens is 302 g/mol. The predicted molar refractivity (Wildman–Crippen MR) is 77.2 cm³/mol. The maximum Gasteiger partial charge on any atom is 0.338 e. The van der Waals surface area contributed by atoms with Gasteiger partial charge in [-0.3, -0.25) is 0 Å². The Bertz CT molecular complexity index is 605. The van der Waals surface area contributed by atoms with Gasteiger partial charge in [0.05, 0.1) is 17.1 Å². The van der Waals surface area contributed by atoms with E-state index >= 15 is 0 Å². The third-order valence-corrected chi connectivity index (χ3v) is 3.63. The number of benzene rings is 1. The minimum Gasteiger partial charge on any atom is -0.462 e. The van der Waals surface area contributed by atoms with Gasteiger partial charge in [0.15, 0.2) is 0 Å². The second-order valence-electron chi connectivity index (χ2n) is 5.67. The molecule has 20 heavy (non-hydrogen) atoms. The van der Waals surface area contributed by atoms with Crippen LogP contribution in [-0.4, -0.2) is 21.0 Å². The zero-order valence-electron chi connectivity index (χ0n) is 11.6. The normalized spacial score (nSPS) is 12.2. The quantitative estimate of drug-likeness (QED) is 0.864. The first kappa shape index (κ1) is 16.9. The van der Waals surface area contributed by atoms with Crippen molar-refractivity contribution in [3.63, 3.8) is 0 Å². The van der Waals surface area contributed by atoms with E-state index in [0.717, 1.165) is 6.07 Å². The van der Waals surface area contributed by atoms with Crippen LogP contribution in [0.25, 0.3) is 0 Å². The average molecular weight is 320 g/mol. The fourth-order valence-corrected chi connectivity index (χ4v) is 2.26. The van der Waals surface area contributed by atoms with Gasteiger partial charge in [0, 0.05) is 5.02 Å². The molecule has 0 aromatic heterocycles. The van der Waals surface area contributed by atoms with Gasteiger partial charge in [0.25, 0.3) is 0 Å². The van der Waals surface area contributed by atoms with Crippen LogP contribution in [-0.2, 0) is 14.8 Å². The molecule has 0 spiro atoms. The number of rotatable bonds is 4. The van der Waals surface area contributed by atoms with Crippen LogP contribution < -0.4 is 5.14 Å². The summed E-state index contributed by atoms with van der Waals surface area (Å²) < 4.78 is 27.6. The van der Waals surface area contributed by atoms with Crippen LogP contribution in [0.2, 0.25) is 5.02 Å². The monoisotopic (exact) mass is 319 g/mol. The van der Waals surface area contributed by atoms with Crippen molar-refractivity contribution in [1.82, 2.24) is 0 Å². The largest absolute Gasteiger partial charge is 0.462 e. The third kappa shape index (κ3) is 5.48. The Morgan fingerprint density at radius 3 is 2.40 bits per heavy atom. The van der Waals surface area contributed by atoms with E-state index in [0.29, 0.717) is 6.42 Å². The fraction of sp³-hybridized carbons (Fsp3) is 0.462. The first-order valence-corrected chi connectivity index (χ1v) is 7.92. The highest BCUT2D eigenvalue weighted by atomic mass is 35.5. The highest BCUT2D eigenvalue weighted by Gasteiger charge is 2.16. The molecule has 0 aliphatic rings. The molecule has 0 unspecified atom stereocenters. The molecular formula is C13H18ClNO4S. The van der Waals surface area contributed by atoms with Crippen LogP contribution >= 0.6 is 11.6 Å². The summed E-state index contributed by atoms with van der Waals surface area (Å²) in [4.78, 5) is 11.6. The van der Waals surface area contributed by atoms with E-state index in [1.165, 1.54) is 12.1 Å². The molecule has 0 heterocycles. The highest BCUT2D eigenvalue weighted by Crippen LogP contribution is 2.21. The SMILES string of the molecule is CC(C)(C)CCOC(=O)c1cc(Cl)cc(S(N)(=O)=O)c1. The second kappa shape index (κ2) is 6.11. The number of hydrogen-bond donors (Lipinski definition) is 1. The molecule has 0 saturated heterocycles. The Morgan fingerprint density at radius 2 is 1.90 bits per heavy atom. The van der Waals surface area contributed by atoms with Crippen molar-refractivity contribution >= 4 is 27.6 Å². The summed E-state index contributed by atoms with van der Waals surface area (Å²) >= 11 is 5.78. The first-order valence-electron chi connectivity index (χ1n) is 5.99. The minimum absolute atomic E-state index is 0.0420. The Kier molecular flexibility index (Phi) is 5.18. The van der Waals surface area contributed by atoms with E-state index < -0.39 is 16.0 Å². The second-order valence-corrected chi connectivity index (χ2v) is 7.67. The molecule has 1 aromatic carbocycles. The Morgan fingerprint density at radius 1 is 1.30 bits per heavy atom. The maximum atomic E-state index is 11.8. The highest BCUT2D eigenvalue weighted by molar-refractivity contribution is 7.89. The molecule has 0 atom stereocenters. The van der Waals surface area contributed by atoms with Crippen molar-refractivity contribution in [3.8, 4) is 0 Å². The van der Waals surface area contributed by atoms with Gasteiger partial charge in [-0.2, -0.15) is 0 Å². The molecule has 112 valence electrons. The zero-order chi connectivity index (χ0) is 15.6. The topological polar surface area (TPSA) is 86.5 Å². The van der Waals surface area contributed by atoms with Crippen LogP contribution in [0.15, 0.2) is 23.1 Å². The average Bonchev–Trinajstić information content (AvgIpc) is 2.25. The molecule has 0 radical (unpaired) electrons. The number of halogens is 1. The van der Waals surface area contributed by atoms with Crippen molar-refractivity contribution in [2.24, 2.45) is 10.6 Å².